The van der Waals surface area contributed by atoms with E-state index in [1.807, 2.05) is 0 Å². The van der Waals surface area contributed by atoms with Crippen molar-refractivity contribution in [1.29, 1.82) is 0 Å². The summed E-state index contributed by atoms with van der Waals surface area (Å²) in [6, 6.07) is 1.34. The highest BCUT2D eigenvalue weighted by Gasteiger charge is 2.23. The van der Waals surface area contributed by atoms with Gasteiger partial charge in [-0.25, -0.2) is 4.79 Å². The molecule has 0 saturated carbocycles. The number of nitrogens with one attached hydrogen (secondary N) is 1. The van der Waals surface area contributed by atoms with E-state index in [9.17, 15) is 14.4 Å². The molecule has 1 unspecified atom stereocenters. The maximum atomic E-state index is 11.6. The molecule has 0 bridgehead atoms. The Bertz CT molecular complexity index is 509. The molecule has 0 spiro atoms. The molecule has 0 fully saturated rings. The van der Waals surface area contributed by atoms with E-state index in [4.69, 9.17) is 5.73 Å². The Morgan fingerprint density at radius 2 is 2.17 bits per heavy atom. The second-order valence-electron chi connectivity index (χ2n) is 3.59. The summed E-state index contributed by atoms with van der Waals surface area (Å²) in [6.45, 7) is 1.77. The smallest absolute Gasteiger partial charge is 0.332 e. The molecular formula is C11H15N3O4. The predicted molar refractivity (Wildman–Crippen MR) is 64.9 cm³/mol. The van der Waals surface area contributed by atoms with Gasteiger partial charge in [0, 0.05) is 19.3 Å². The molecule has 0 aliphatic heterocycles. The van der Waals surface area contributed by atoms with Gasteiger partial charge in [-0.15, -0.1) is 0 Å². The van der Waals surface area contributed by atoms with Crippen LogP contribution in [0.5, 0.6) is 0 Å². The molecule has 7 heteroatoms. The summed E-state index contributed by atoms with van der Waals surface area (Å²) in [5.41, 5.74) is 5.58. The number of hydrogen-bond acceptors (Lipinski definition) is 5. The van der Waals surface area contributed by atoms with Crippen molar-refractivity contribution in [2.45, 2.75) is 13.0 Å². The van der Waals surface area contributed by atoms with Crippen molar-refractivity contribution in [2.24, 2.45) is 12.8 Å². The van der Waals surface area contributed by atoms with Crippen molar-refractivity contribution in [2.75, 3.05) is 11.9 Å². The van der Waals surface area contributed by atoms with E-state index < -0.39 is 17.9 Å². The molecule has 1 heterocycles. The third-order valence-electron chi connectivity index (χ3n) is 2.18. The predicted octanol–water partition coefficient (Wildman–Crippen LogP) is -0.786. The molecule has 1 aromatic rings. The molecule has 0 radical (unpaired) electrons. The average molecular weight is 253 g/mol. The molecule has 0 saturated heterocycles. The van der Waals surface area contributed by atoms with E-state index in [0.29, 0.717) is 5.69 Å². The number of nitrogens with two attached hydrogens (primary N) is 1. The van der Waals surface area contributed by atoms with Gasteiger partial charge in [0.2, 0.25) is 5.56 Å². The summed E-state index contributed by atoms with van der Waals surface area (Å²) in [4.78, 5) is 34.0. The monoisotopic (exact) mass is 253 g/mol. The van der Waals surface area contributed by atoms with Gasteiger partial charge in [0.1, 0.15) is 0 Å². The molecule has 3 N–H and O–H groups in total. The molecular weight excluding hydrogens is 238 g/mol. The number of carbonyl (C=O) groups excluding carboxylic acids is 2. The van der Waals surface area contributed by atoms with Crippen molar-refractivity contribution in [1.82, 2.24) is 4.57 Å². The Labute approximate surface area is 104 Å². The van der Waals surface area contributed by atoms with Gasteiger partial charge in [-0.1, -0.05) is 0 Å². The fraction of sp³-hybridized carbons (Fsp3) is 0.364. The first-order valence-electron chi connectivity index (χ1n) is 5.35. The van der Waals surface area contributed by atoms with Crippen LogP contribution in [0.2, 0.25) is 0 Å². The SMILES string of the molecule is CCOC(=O)C(N)C(=O)Nc1ccc(=O)n(C)c1. The number of ether oxygens (including phenoxy) is 1. The van der Waals surface area contributed by atoms with E-state index >= 15 is 0 Å². The minimum Gasteiger partial charge on any atom is -0.464 e. The molecule has 18 heavy (non-hydrogen) atoms. The Hall–Kier alpha value is -2.15. The van der Waals surface area contributed by atoms with Crippen LogP contribution in [0.25, 0.3) is 0 Å². The molecule has 1 aromatic heterocycles. The quantitative estimate of drug-likeness (QED) is 0.541. The number of rotatable bonds is 4. The van der Waals surface area contributed by atoms with Crippen LogP contribution in [0.1, 0.15) is 6.92 Å². The highest BCUT2D eigenvalue weighted by molar-refractivity contribution is 6.08. The van der Waals surface area contributed by atoms with Gasteiger partial charge in [0.15, 0.2) is 6.04 Å². The Balaban J connectivity index is 2.72. The second-order valence-corrected chi connectivity index (χ2v) is 3.59. The summed E-state index contributed by atoms with van der Waals surface area (Å²) in [6.07, 6.45) is 1.43. The average Bonchev–Trinajstić information content (AvgIpc) is 2.33. The van der Waals surface area contributed by atoms with Gasteiger partial charge >= 0.3 is 5.97 Å². The van der Waals surface area contributed by atoms with E-state index in [1.54, 1.807) is 14.0 Å². The van der Waals surface area contributed by atoms with Crippen molar-refractivity contribution in [3.63, 3.8) is 0 Å². The Kier molecular flexibility index (Phi) is 4.61. The minimum atomic E-state index is -1.39. The first kappa shape index (κ1) is 13.9. The lowest BCUT2D eigenvalue weighted by atomic mass is 10.3. The topological polar surface area (TPSA) is 103 Å². The van der Waals surface area contributed by atoms with Crippen LogP contribution in [0.4, 0.5) is 5.69 Å². The van der Waals surface area contributed by atoms with Crippen LogP contribution in [0, 0.1) is 0 Å². The van der Waals surface area contributed by atoms with Crippen molar-refractivity contribution >= 4 is 17.6 Å². The van der Waals surface area contributed by atoms with Gasteiger partial charge in [-0.2, -0.15) is 0 Å². The number of aromatic nitrogens is 1. The summed E-state index contributed by atoms with van der Waals surface area (Å²) in [5, 5.41) is 2.42. The number of aryl methyl sites for hydroxylation is 1. The fourth-order valence-electron chi connectivity index (χ4n) is 1.23. The zero-order valence-electron chi connectivity index (χ0n) is 10.2. The number of anilines is 1. The Morgan fingerprint density at radius 3 is 2.72 bits per heavy atom. The molecule has 0 aliphatic rings. The van der Waals surface area contributed by atoms with Gasteiger partial charge < -0.3 is 20.4 Å². The van der Waals surface area contributed by atoms with Gasteiger partial charge in [0.05, 0.1) is 12.3 Å². The van der Waals surface area contributed by atoms with Gasteiger partial charge in [0.25, 0.3) is 5.91 Å². The molecule has 1 atom stereocenters. The minimum absolute atomic E-state index is 0.152. The van der Waals surface area contributed by atoms with Crippen LogP contribution in [0.15, 0.2) is 23.1 Å². The molecule has 0 aliphatic carbocycles. The maximum absolute atomic E-state index is 11.6. The Morgan fingerprint density at radius 1 is 1.50 bits per heavy atom. The van der Waals surface area contributed by atoms with Crippen LogP contribution in [0.3, 0.4) is 0 Å². The normalized spacial score (nSPS) is 11.7. The van der Waals surface area contributed by atoms with Crippen LogP contribution in [-0.4, -0.2) is 29.1 Å². The lowest BCUT2D eigenvalue weighted by Gasteiger charge is -2.11. The molecule has 7 nitrogen and oxygen atoms in total. The van der Waals surface area contributed by atoms with Crippen LogP contribution < -0.4 is 16.6 Å². The van der Waals surface area contributed by atoms with E-state index in [-0.39, 0.29) is 12.2 Å². The number of hydrogen-bond donors (Lipinski definition) is 2. The number of amides is 1. The molecule has 0 aromatic carbocycles. The zero-order chi connectivity index (χ0) is 13.7. The highest BCUT2D eigenvalue weighted by atomic mass is 16.5. The van der Waals surface area contributed by atoms with Crippen molar-refractivity contribution in [3.05, 3.63) is 28.7 Å². The first-order chi connectivity index (χ1) is 8.45. The maximum Gasteiger partial charge on any atom is 0.332 e. The number of nitrogens with zero attached hydrogens (tertiary/aromatic N) is 1. The van der Waals surface area contributed by atoms with Crippen molar-refractivity contribution in [3.8, 4) is 0 Å². The summed E-state index contributed by atoms with van der Waals surface area (Å²) in [5.74, 6) is -1.48. The largest absolute Gasteiger partial charge is 0.464 e. The van der Waals surface area contributed by atoms with Crippen LogP contribution in [-0.2, 0) is 21.4 Å². The molecule has 1 amide bonds. The van der Waals surface area contributed by atoms with Gasteiger partial charge in [-0.05, 0) is 13.0 Å². The summed E-state index contributed by atoms with van der Waals surface area (Å²) >= 11 is 0. The summed E-state index contributed by atoms with van der Waals surface area (Å²) in [7, 11) is 1.54. The van der Waals surface area contributed by atoms with E-state index in [0.717, 1.165) is 0 Å². The first-order valence-corrected chi connectivity index (χ1v) is 5.35. The van der Waals surface area contributed by atoms with Crippen LogP contribution >= 0.6 is 0 Å². The number of esters is 1. The third-order valence-corrected chi connectivity index (χ3v) is 2.18. The highest BCUT2D eigenvalue weighted by Crippen LogP contribution is 2.03. The van der Waals surface area contributed by atoms with E-state index in [1.165, 1.54) is 22.9 Å². The van der Waals surface area contributed by atoms with E-state index in [2.05, 4.69) is 10.1 Å². The third kappa shape index (κ3) is 3.42. The molecule has 98 valence electrons. The second kappa shape index (κ2) is 5.97. The van der Waals surface area contributed by atoms with Crippen molar-refractivity contribution < 1.29 is 14.3 Å². The number of pyridine rings is 1. The lowest BCUT2D eigenvalue weighted by molar-refractivity contribution is -0.146. The lowest BCUT2D eigenvalue weighted by Crippen LogP contribution is -2.43. The number of carbonyl (C=O) groups is 2. The zero-order valence-corrected chi connectivity index (χ0v) is 10.2. The van der Waals surface area contributed by atoms with Gasteiger partial charge in [-0.3, -0.25) is 9.59 Å². The summed E-state index contributed by atoms with van der Waals surface area (Å²) < 4.78 is 5.92. The molecule has 1 rings (SSSR count). The fourth-order valence-corrected chi connectivity index (χ4v) is 1.23. The standard InChI is InChI=1S/C11H15N3O4/c1-3-18-11(17)9(12)10(16)13-7-4-5-8(15)14(2)6-7/h4-6,9H,3,12H2,1-2H3,(H,13,16).